The molecular weight excluding hydrogens is 238 g/mol. The Bertz CT molecular complexity index is 416. The van der Waals surface area contributed by atoms with Crippen molar-refractivity contribution in [1.82, 2.24) is 4.90 Å². The second-order valence-corrected chi connectivity index (χ2v) is 5.36. The molecule has 0 radical (unpaired) electrons. The molecule has 1 aromatic carbocycles. The number of carbonyl (C=O) groups is 1. The molecule has 1 aliphatic heterocycles. The number of hydrogen-bond acceptors (Lipinski definition) is 2. The van der Waals surface area contributed by atoms with Crippen molar-refractivity contribution < 1.29 is 4.79 Å². The minimum atomic E-state index is 0.0122. The summed E-state index contributed by atoms with van der Waals surface area (Å²) in [7, 11) is 0. The quantitative estimate of drug-likeness (QED) is 0.878. The lowest BCUT2D eigenvalue weighted by molar-refractivity contribution is 0.182. The molecule has 0 aromatic heterocycles. The van der Waals surface area contributed by atoms with Crippen LogP contribution in [0.5, 0.6) is 0 Å². The van der Waals surface area contributed by atoms with E-state index in [2.05, 4.69) is 12.2 Å². The molecule has 1 saturated heterocycles. The zero-order valence-corrected chi connectivity index (χ0v) is 11.6. The molecule has 1 atom stereocenters. The Kier molecular flexibility index (Phi) is 4.80. The van der Waals surface area contributed by atoms with E-state index in [1.54, 1.807) is 0 Å². The molecule has 3 N–H and O–H groups in total. The third-order valence-electron chi connectivity index (χ3n) is 3.58. The Hall–Kier alpha value is -1.55. The number of anilines is 1. The third kappa shape index (κ3) is 3.96. The molecule has 19 heavy (non-hydrogen) atoms. The largest absolute Gasteiger partial charge is 0.330 e. The molecule has 1 unspecified atom stereocenters. The van der Waals surface area contributed by atoms with Crippen molar-refractivity contribution >= 4 is 11.7 Å². The van der Waals surface area contributed by atoms with Gasteiger partial charge < -0.3 is 16.0 Å². The van der Waals surface area contributed by atoms with Crippen molar-refractivity contribution in [2.45, 2.75) is 26.2 Å². The highest BCUT2D eigenvalue weighted by atomic mass is 16.2. The minimum Gasteiger partial charge on any atom is -0.330 e. The van der Waals surface area contributed by atoms with Crippen LogP contribution >= 0.6 is 0 Å². The van der Waals surface area contributed by atoms with E-state index >= 15 is 0 Å². The smallest absolute Gasteiger partial charge is 0.321 e. The van der Waals surface area contributed by atoms with E-state index in [4.69, 9.17) is 5.73 Å². The molecule has 1 fully saturated rings. The maximum atomic E-state index is 12.1. The first kappa shape index (κ1) is 13.9. The number of nitrogens with two attached hydrogens (primary N) is 1. The van der Waals surface area contributed by atoms with E-state index in [0.717, 1.165) is 31.6 Å². The van der Waals surface area contributed by atoms with Crippen LogP contribution in [-0.2, 0) is 6.42 Å². The Morgan fingerprint density at radius 2 is 2.16 bits per heavy atom. The standard InChI is InChI=1S/C15H23N3O/c1-12-3-2-10-18(11-12)15(19)17-14-6-4-13(5-7-14)8-9-16/h4-7,12H,2-3,8-11,16H2,1H3,(H,17,19). The molecule has 2 amide bonds. The van der Waals surface area contributed by atoms with Crippen molar-refractivity contribution in [3.05, 3.63) is 29.8 Å². The summed E-state index contributed by atoms with van der Waals surface area (Å²) in [5.41, 5.74) is 7.57. The zero-order chi connectivity index (χ0) is 13.7. The van der Waals surface area contributed by atoms with Gasteiger partial charge in [0.15, 0.2) is 0 Å². The second kappa shape index (κ2) is 6.57. The van der Waals surface area contributed by atoms with Crippen LogP contribution in [0.1, 0.15) is 25.3 Å². The molecule has 2 rings (SSSR count). The first-order chi connectivity index (χ1) is 9.19. The number of hydrogen-bond donors (Lipinski definition) is 2. The zero-order valence-electron chi connectivity index (χ0n) is 11.6. The van der Waals surface area contributed by atoms with Crippen LogP contribution in [-0.4, -0.2) is 30.6 Å². The number of urea groups is 1. The molecular formula is C15H23N3O. The monoisotopic (exact) mass is 261 g/mol. The Labute approximate surface area is 115 Å². The summed E-state index contributed by atoms with van der Waals surface area (Å²) in [6.07, 6.45) is 3.19. The number of benzene rings is 1. The van der Waals surface area contributed by atoms with Gasteiger partial charge in [-0.1, -0.05) is 19.1 Å². The fourth-order valence-electron chi connectivity index (χ4n) is 2.50. The maximum absolute atomic E-state index is 12.1. The number of rotatable bonds is 3. The van der Waals surface area contributed by atoms with Gasteiger partial charge in [0, 0.05) is 18.8 Å². The van der Waals surface area contributed by atoms with Crippen LogP contribution in [0.3, 0.4) is 0 Å². The fourth-order valence-corrected chi connectivity index (χ4v) is 2.50. The van der Waals surface area contributed by atoms with Crippen LogP contribution < -0.4 is 11.1 Å². The van der Waals surface area contributed by atoms with Crippen LogP contribution in [0.25, 0.3) is 0 Å². The van der Waals surface area contributed by atoms with E-state index in [9.17, 15) is 4.79 Å². The molecule has 1 aliphatic rings. The lowest BCUT2D eigenvalue weighted by Crippen LogP contribution is -2.41. The number of nitrogens with zero attached hydrogens (tertiary/aromatic N) is 1. The van der Waals surface area contributed by atoms with E-state index in [-0.39, 0.29) is 6.03 Å². The van der Waals surface area contributed by atoms with Gasteiger partial charge in [0.25, 0.3) is 0 Å². The van der Waals surface area contributed by atoms with Gasteiger partial charge in [-0.15, -0.1) is 0 Å². The number of piperidine rings is 1. The average molecular weight is 261 g/mol. The van der Waals surface area contributed by atoms with E-state index in [1.165, 1.54) is 12.0 Å². The summed E-state index contributed by atoms with van der Waals surface area (Å²) in [5.74, 6) is 0.603. The summed E-state index contributed by atoms with van der Waals surface area (Å²) >= 11 is 0. The summed E-state index contributed by atoms with van der Waals surface area (Å²) in [6.45, 7) is 4.57. The summed E-state index contributed by atoms with van der Waals surface area (Å²) in [6, 6.07) is 7.92. The molecule has 0 bridgehead atoms. The van der Waals surface area contributed by atoms with Gasteiger partial charge in [0.05, 0.1) is 0 Å². The van der Waals surface area contributed by atoms with Crippen LogP contribution in [0.4, 0.5) is 10.5 Å². The number of amides is 2. The Morgan fingerprint density at radius 3 is 2.79 bits per heavy atom. The van der Waals surface area contributed by atoms with Crippen molar-refractivity contribution in [1.29, 1.82) is 0 Å². The predicted molar refractivity (Wildman–Crippen MR) is 78.2 cm³/mol. The van der Waals surface area contributed by atoms with E-state index in [0.29, 0.717) is 12.5 Å². The first-order valence-corrected chi connectivity index (χ1v) is 7.04. The van der Waals surface area contributed by atoms with Crippen molar-refractivity contribution in [3.63, 3.8) is 0 Å². The van der Waals surface area contributed by atoms with Crippen LogP contribution in [0, 0.1) is 5.92 Å². The Balaban J connectivity index is 1.90. The lowest BCUT2D eigenvalue weighted by atomic mass is 10.0. The number of carbonyl (C=O) groups excluding carboxylic acids is 1. The van der Waals surface area contributed by atoms with Crippen molar-refractivity contribution in [2.24, 2.45) is 11.7 Å². The molecule has 4 nitrogen and oxygen atoms in total. The van der Waals surface area contributed by atoms with Crippen LogP contribution in [0.2, 0.25) is 0 Å². The van der Waals surface area contributed by atoms with Crippen LogP contribution in [0.15, 0.2) is 24.3 Å². The Morgan fingerprint density at radius 1 is 1.42 bits per heavy atom. The molecule has 1 heterocycles. The SMILES string of the molecule is CC1CCCN(C(=O)Nc2ccc(CCN)cc2)C1. The van der Waals surface area contributed by atoms with Gasteiger partial charge in [-0.2, -0.15) is 0 Å². The van der Waals surface area contributed by atoms with Crippen molar-refractivity contribution in [2.75, 3.05) is 25.0 Å². The number of likely N-dealkylation sites (tertiary alicyclic amines) is 1. The molecule has 0 spiro atoms. The molecule has 0 aliphatic carbocycles. The topological polar surface area (TPSA) is 58.4 Å². The molecule has 4 heteroatoms. The van der Waals surface area contributed by atoms with Gasteiger partial charge in [-0.25, -0.2) is 4.79 Å². The highest BCUT2D eigenvalue weighted by molar-refractivity contribution is 5.89. The maximum Gasteiger partial charge on any atom is 0.321 e. The fraction of sp³-hybridized carbons (Fsp3) is 0.533. The highest BCUT2D eigenvalue weighted by Gasteiger charge is 2.20. The molecule has 0 saturated carbocycles. The normalized spacial score (nSPS) is 19.3. The van der Waals surface area contributed by atoms with Crippen molar-refractivity contribution in [3.8, 4) is 0 Å². The van der Waals surface area contributed by atoms with E-state index in [1.807, 2.05) is 29.2 Å². The summed E-state index contributed by atoms with van der Waals surface area (Å²) in [5, 5.41) is 2.96. The van der Waals surface area contributed by atoms with Gasteiger partial charge in [-0.3, -0.25) is 0 Å². The first-order valence-electron chi connectivity index (χ1n) is 7.04. The lowest BCUT2D eigenvalue weighted by Gasteiger charge is -2.30. The minimum absolute atomic E-state index is 0.0122. The average Bonchev–Trinajstić information content (AvgIpc) is 2.41. The summed E-state index contributed by atoms with van der Waals surface area (Å²) in [4.78, 5) is 14.0. The van der Waals surface area contributed by atoms with Gasteiger partial charge in [0.1, 0.15) is 0 Å². The van der Waals surface area contributed by atoms with E-state index < -0.39 is 0 Å². The molecule has 1 aromatic rings. The summed E-state index contributed by atoms with van der Waals surface area (Å²) < 4.78 is 0. The van der Waals surface area contributed by atoms with Gasteiger partial charge in [0.2, 0.25) is 0 Å². The molecule has 104 valence electrons. The highest BCUT2D eigenvalue weighted by Crippen LogP contribution is 2.17. The second-order valence-electron chi connectivity index (χ2n) is 5.36. The third-order valence-corrected chi connectivity index (χ3v) is 3.58. The van der Waals surface area contributed by atoms with Gasteiger partial charge >= 0.3 is 6.03 Å². The predicted octanol–water partition coefficient (Wildman–Crippen LogP) is 2.45. The number of nitrogens with one attached hydrogen (secondary N) is 1. The van der Waals surface area contributed by atoms with Gasteiger partial charge in [-0.05, 0) is 49.4 Å².